The van der Waals surface area contributed by atoms with E-state index in [1.54, 1.807) is 25.3 Å². The van der Waals surface area contributed by atoms with Crippen LogP contribution in [0.5, 0.6) is 0 Å². The van der Waals surface area contributed by atoms with E-state index in [1.807, 2.05) is 24.3 Å². The highest BCUT2D eigenvalue weighted by atomic mass is 19.1. The van der Waals surface area contributed by atoms with Crippen molar-refractivity contribution in [3.63, 3.8) is 0 Å². The van der Waals surface area contributed by atoms with E-state index < -0.39 is 0 Å². The van der Waals surface area contributed by atoms with Crippen LogP contribution >= 0.6 is 0 Å². The van der Waals surface area contributed by atoms with Crippen LogP contribution in [0.1, 0.15) is 21.5 Å². The lowest BCUT2D eigenvalue weighted by atomic mass is 10.00. The highest BCUT2D eigenvalue weighted by molar-refractivity contribution is 6.10. The van der Waals surface area contributed by atoms with Gasteiger partial charge in [-0.2, -0.15) is 0 Å². The van der Waals surface area contributed by atoms with Crippen molar-refractivity contribution in [2.45, 2.75) is 6.92 Å². The molecule has 0 aliphatic rings. The van der Waals surface area contributed by atoms with Gasteiger partial charge in [0.05, 0.1) is 5.52 Å². The predicted molar refractivity (Wildman–Crippen MR) is 76.3 cm³/mol. The minimum atomic E-state index is -0.302. The number of halogens is 1. The van der Waals surface area contributed by atoms with E-state index in [-0.39, 0.29) is 11.6 Å². The molecule has 0 bridgehead atoms. The van der Waals surface area contributed by atoms with Crippen molar-refractivity contribution in [1.29, 1.82) is 0 Å². The summed E-state index contributed by atoms with van der Waals surface area (Å²) in [5.41, 5.74) is 2.39. The largest absolute Gasteiger partial charge is 0.289 e. The third-order valence-corrected chi connectivity index (χ3v) is 3.29. The Kier molecular flexibility index (Phi) is 3.03. The van der Waals surface area contributed by atoms with Crippen LogP contribution in [0.25, 0.3) is 10.9 Å². The fourth-order valence-electron chi connectivity index (χ4n) is 2.17. The van der Waals surface area contributed by atoms with Gasteiger partial charge in [0.2, 0.25) is 0 Å². The lowest BCUT2D eigenvalue weighted by Gasteiger charge is -2.04. The quantitative estimate of drug-likeness (QED) is 0.657. The van der Waals surface area contributed by atoms with E-state index >= 15 is 0 Å². The smallest absolute Gasteiger partial charge is 0.193 e. The average molecular weight is 265 g/mol. The molecule has 0 radical (unpaired) electrons. The van der Waals surface area contributed by atoms with Gasteiger partial charge in [-0.25, -0.2) is 4.39 Å². The number of aryl methyl sites for hydroxylation is 1. The molecule has 3 heteroatoms. The Morgan fingerprint density at radius 3 is 2.60 bits per heavy atom. The Morgan fingerprint density at radius 1 is 1.05 bits per heavy atom. The average Bonchev–Trinajstić information content (AvgIpc) is 2.49. The second kappa shape index (κ2) is 4.85. The zero-order chi connectivity index (χ0) is 14.1. The second-order valence-corrected chi connectivity index (χ2v) is 4.70. The summed E-state index contributed by atoms with van der Waals surface area (Å²) >= 11 is 0. The number of hydrogen-bond donors (Lipinski definition) is 0. The Morgan fingerprint density at radius 2 is 1.80 bits per heavy atom. The fraction of sp³-hybridized carbons (Fsp3) is 0.0588. The van der Waals surface area contributed by atoms with Gasteiger partial charge >= 0.3 is 0 Å². The minimum Gasteiger partial charge on any atom is -0.289 e. The Hall–Kier alpha value is -2.55. The molecule has 20 heavy (non-hydrogen) atoms. The van der Waals surface area contributed by atoms with Crippen LogP contribution in [0.3, 0.4) is 0 Å². The standard InChI is InChI=1S/C17H12FNO/c1-11-9-13(4-6-15(11)18)17(20)14-5-7-16-12(10-14)3-2-8-19-16/h2-10H,1H3. The maximum Gasteiger partial charge on any atom is 0.193 e. The summed E-state index contributed by atoms with van der Waals surface area (Å²) in [4.78, 5) is 16.6. The van der Waals surface area contributed by atoms with Crippen LogP contribution in [-0.2, 0) is 0 Å². The van der Waals surface area contributed by atoms with E-state index in [4.69, 9.17) is 0 Å². The first-order chi connectivity index (χ1) is 9.65. The van der Waals surface area contributed by atoms with Gasteiger partial charge in [-0.15, -0.1) is 0 Å². The number of rotatable bonds is 2. The van der Waals surface area contributed by atoms with Gasteiger partial charge in [0.15, 0.2) is 5.78 Å². The first-order valence-corrected chi connectivity index (χ1v) is 6.31. The number of aromatic nitrogens is 1. The molecule has 0 aliphatic heterocycles. The van der Waals surface area contributed by atoms with Gasteiger partial charge in [-0.1, -0.05) is 6.07 Å². The highest BCUT2D eigenvalue weighted by Crippen LogP contribution is 2.18. The van der Waals surface area contributed by atoms with Gasteiger partial charge in [0.25, 0.3) is 0 Å². The Balaban J connectivity index is 2.05. The molecule has 0 saturated heterocycles. The number of nitrogens with zero attached hydrogens (tertiary/aromatic N) is 1. The summed E-state index contributed by atoms with van der Waals surface area (Å²) in [5.74, 6) is -0.414. The highest BCUT2D eigenvalue weighted by Gasteiger charge is 2.11. The molecule has 0 saturated carbocycles. The lowest BCUT2D eigenvalue weighted by Crippen LogP contribution is -2.02. The number of benzene rings is 2. The van der Waals surface area contributed by atoms with Gasteiger partial charge in [-0.3, -0.25) is 9.78 Å². The van der Waals surface area contributed by atoms with E-state index in [9.17, 15) is 9.18 Å². The van der Waals surface area contributed by atoms with Gasteiger partial charge in [0, 0.05) is 22.7 Å². The molecule has 0 amide bonds. The fourth-order valence-corrected chi connectivity index (χ4v) is 2.17. The molecule has 1 heterocycles. The van der Waals surface area contributed by atoms with Crippen molar-refractivity contribution in [2.75, 3.05) is 0 Å². The summed E-state index contributed by atoms with van der Waals surface area (Å²) in [7, 11) is 0. The van der Waals surface area contributed by atoms with Crippen molar-refractivity contribution in [3.05, 3.63) is 77.2 Å². The number of carbonyl (C=O) groups excluding carboxylic acids is 1. The Bertz CT molecular complexity index is 811. The molecule has 0 aliphatic carbocycles. The summed E-state index contributed by atoms with van der Waals surface area (Å²) in [6.45, 7) is 1.65. The molecule has 2 aromatic carbocycles. The van der Waals surface area contributed by atoms with Crippen molar-refractivity contribution in [2.24, 2.45) is 0 Å². The minimum absolute atomic E-state index is 0.112. The zero-order valence-corrected chi connectivity index (χ0v) is 10.9. The molecule has 98 valence electrons. The summed E-state index contributed by atoms with van der Waals surface area (Å²) < 4.78 is 13.3. The third-order valence-electron chi connectivity index (χ3n) is 3.29. The first kappa shape index (κ1) is 12.5. The maximum atomic E-state index is 13.3. The molecular weight excluding hydrogens is 253 g/mol. The maximum absolute atomic E-state index is 13.3. The van der Waals surface area contributed by atoms with Crippen LogP contribution in [0.4, 0.5) is 4.39 Å². The summed E-state index contributed by atoms with van der Waals surface area (Å²) in [5, 5.41) is 0.914. The van der Waals surface area contributed by atoms with Gasteiger partial charge in [0.1, 0.15) is 5.82 Å². The lowest BCUT2D eigenvalue weighted by molar-refractivity contribution is 0.103. The van der Waals surface area contributed by atoms with E-state index in [1.165, 1.54) is 12.1 Å². The van der Waals surface area contributed by atoms with E-state index in [2.05, 4.69) is 4.98 Å². The molecule has 1 aromatic heterocycles. The SMILES string of the molecule is Cc1cc(C(=O)c2ccc3ncccc3c2)ccc1F. The number of hydrogen-bond acceptors (Lipinski definition) is 2. The van der Waals surface area contributed by atoms with Crippen molar-refractivity contribution in [1.82, 2.24) is 4.98 Å². The number of ketones is 1. The topological polar surface area (TPSA) is 30.0 Å². The molecule has 0 N–H and O–H groups in total. The summed E-state index contributed by atoms with van der Waals surface area (Å²) in [6, 6.07) is 13.5. The van der Waals surface area contributed by atoms with Crippen LogP contribution in [0, 0.1) is 12.7 Å². The zero-order valence-electron chi connectivity index (χ0n) is 10.9. The number of fused-ring (bicyclic) bond motifs is 1. The van der Waals surface area contributed by atoms with Gasteiger partial charge in [-0.05, 0) is 55.0 Å². The number of carbonyl (C=O) groups is 1. The van der Waals surface area contributed by atoms with Crippen molar-refractivity contribution >= 4 is 16.7 Å². The molecule has 0 unspecified atom stereocenters. The molecule has 0 atom stereocenters. The second-order valence-electron chi connectivity index (χ2n) is 4.70. The van der Waals surface area contributed by atoms with E-state index in [0.717, 1.165) is 10.9 Å². The molecular formula is C17H12FNO. The van der Waals surface area contributed by atoms with Crippen LogP contribution in [0.2, 0.25) is 0 Å². The third kappa shape index (κ3) is 2.18. The first-order valence-electron chi connectivity index (χ1n) is 6.31. The summed E-state index contributed by atoms with van der Waals surface area (Å²) in [6.07, 6.45) is 1.72. The normalized spacial score (nSPS) is 10.7. The molecule has 3 rings (SSSR count). The van der Waals surface area contributed by atoms with Crippen LogP contribution in [0.15, 0.2) is 54.7 Å². The monoisotopic (exact) mass is 265 g/mol. The Labute approximate surface area is 115 Å². The molecule has 0 fully saturated rings. The van der Waals surface area contributed by atoms with Crippen LogP contribution < -0.4 is 0 Å². The van der Waals surface area contributed by atoms with Gasteiger partial charge < -0.3 is 0 Å². The van der Waals surface area contributed by atoms with Crippen molar-refractivity contribution in [3.8, 4) is 0 Å². The van der Waals surface area contributed by atoms with E-state index in [0.29, 0.717) is 16.7 Å². The molecule has 0 spiro atoms. The van der Waals surface area contributed by atoms with Crippen LogP contribution in [-0.4, -0.2) is 10.8 Å². The predicted octanol–water partition coefficient (Wildman–Crippen LogP) is 3.91. The van der Waals surface area contributed by atoms with Crippen molar-refractivity contribution < 1.29 is 9.18 Å². The molecule has 3 aromatic rings. The number of pyridine rings is 1. The molecule has 2 nitrogen and oxygen atoms in total.